The lowest BCUT2D eigenvalue weighted by molar-refractivity contribution is -0.154. The van der Waals surface area contributed by atoms with Gasteiger partial charge in [0, 0.05) is 5.92 Å². The number of hydrogen-bond acceptors (Lipinski definition) is 3. The summed E-state index contributed by atoms with van der Waals surface area (Å²) in [6.45, 7) is 0. The van der Waals surface area contributed by atoms with E-state index in [2.05, 4.69) is 0 Å². The molecule has 0 amide bonds. The summed E-state index contributed by atoms with van der Waals surface area (Å²) in [6, 6.07) is 0. The number of aliphatic carboxylic acids is 1. The van der Waals surface area contributed by atoms with E-state index in [1.807, 2.05) is 0 Å². The summed E-state index contributed by atoms with van der Waals surface area (Å²) in [4.78, 5) is 22.7. The molecule has 0 aromatic carbocycles. The minimum absolute atomic E-state index is 0.0334. The van der Waals surface area contributed by atoms with E-state index in [1.54, 1.807) is 0 Å². The van der Waals surface area contributed by atoms with Gasteiger partial charge in [0.15, 0.2) is 0 Å². The van der Waals surface area contributed by atoms with Gasteiger partial charge < -0.3 is 9.84 Å². The fourth-order valence-electron chi connectivity index (χ4n) is 3.51. The number of esters is 1. The molecule has 0 aromatic rings. The van der Waals surface area contributed by atoms with Gasteiger partial charge in [0.25, 0.3) is 0 Å². The Kier molecular flexibility index (Phi) is 1.81. The highest BCUT2D eigenvalue weighted by Gasteiger charge is 2.64. The maximum Gasteiger partial charge on any atom is 0.310 e. The van der Waals surface area contributed by atoms with Crippen LogP contribution in [0.3, 0.4) is 0 Å². The van der Waals surface area contributed by atoms with Gasteiger partial charge in [-0.15, -0.1) is 11.6 Å². The van der Waals surface area contributed by atoms with E-state index in [9.17, 15) is 9.59 Å². The molecule has 4 nitrogen and oxygen atoms in total. The van der Waals surface area contributed by atoms with Gasteiger partial charge in [-0.3, -0.25) is 9.59 Å². The number of alkyl halides is 1. The Balaban J connectivity index is 2.05. The zero-order valence-electron chi connectivity index (χ0n) is 7.93. The smallest absolute Gasteiger partial charge is 0.310 e. The Hall–Kier alpha value is -0.770. The van der Waals surface area contributed by atoms with Gasteiger partial charge in [-0.1, -0.05) is 0 Å². The van der Waals surface area contributed by atoms with E-state index in [1.165, 1.54) is 0 Å². The van der Waals surface area contributed by atoms with Gasteiger partial charge >= 0.3 is 11.9 Å². The van der Waals surface area contributed by atoms with Gasteiger partial charge in [0.1, 0.15) is 6.10 Å². The molecule has 3 saturated carbocycles. The topological polar surface area (TPSA) is 63.6 Å². The van der Waals surface area contributed by atoms with E-state index in [0.717, 1.165) is 12.8 Å². The summed E-state index contributed by atoms with van der Waals surface area (Å²) in [7, 11) is 0. The molecule has 0 aromatic heterocycles. The van der Waals surface area contributed by atoms with E-state index in [-0.39, 0.29) is 29.3 Å². The first-order chi connectivity index (χ1) is 7.11. The second kappa shape index (κ2) is 2.88. The van der Waals surface area contributed by atoms with E-state index in [4.69, 9.17) is 21.4 Å². The van der Waals surface area contributed by atoms with Crippen LogP contribution in [0.4, 0.5) is 0 Å². The highest BCUT2D eigenvalue weighted by atomic mass is 35.5. The fourth-order valence-corrected chi connectivity index (χ4v) is 4.03. The summed E-state index contributed by atoms with van der Waals surface area (Å²) >= 11 is 6.17. The van der Waals surface area contributed by atoms with Crippen LogP contribution >= 0.6 is 11.6 Å². The molecule has 0 spiro atoms. The highest BCUT2D eigenvalue weighted by molar-refractivity contribution is 6.22. The van der Waals surface area contributed by atoms with Crippen LogP contribution < -0.4 is 0 Å². The largest absolute Gasteiger partial charge is 0.481 e. The minimum atomic E-state index is -0.905. The minimum Gasteiger partial charge on any atom is -0.481 e. The van der Waals surface area contributed by atoms with Crippen LogP contribution in [0.1, 0.15) is 12.8 Å². The standard InChI is InChI=1S/C10H11ClO4/c11-7-3-1-2-4-6(5(3)9(12)13)10(14)15-8(4)7/h3-8H,1-2H2,(H,12,13)/t3-,4-,5+,6+,7-,8+/m1/s1. The van der Waals surface area contributed by atoms with Crippen LogP contribution in [0, 0.1) is 23.7 Å². The molecule has 4 bridgehead atoms. The zero-order valence-corrected chi connectivity index (χ0v) is 8.68. The average Bonchev–Trinajstić information content (AvgIpc) is 2.49. The van der Waals surface area contributed by atoms with Crippen LogP contribution in [0.15, 0.2) is 0 Å². The lowest BCUT2D eigenvalue weighted by Gasteiger charge is -2.45. The first-order valence-electron chi connectivity index (χ1n) is 5.18. The predicted molar refractivity (Wildman–Crippen MR) is 50.4 cm³/mol. The van der Waals surface area contributed by atoms with E-state index >= 15 is 0 Å². The first-order valence-corrected chi connectivity index (χ1v) is 5.62. The van der Waals surface area contributed by atoms with E-state index < -0.39 is 17.8 Å². The second-order valence-electron chi connectivity index (χ2n) is 4.64. The molecule has 0 radical (unpaired) electrons. The normalized spacial score (nSPS) is 51.7. The number of carboxylic acids is 1. The van der Waals surface area contributed by atoms with Crippen LogP contribution in [0.2, 0.25) is 0 Å². The van der Waals surface area contributed by atoms with Crippen LogP contribution in [0.5, 0.6) is 0 Å². The van der Waals surface area contributed by atoms with Crippen LogP contribution in [-0.4, -0.2) is 28.5 Å². The van der Waals surface area contributed by atoms with Crippen molar-refractivity contribution in [1.29, 1.82) is 0 Å². The number of carboxylic acid groups (broad SMARTS) is 1. The van der Waals surface area contributed by atoms with Gasteiger partial charge in [-0.05, 0) is 18.8 Å². The van der Waals surface area contributed by atoms with E-state index in [0.29, 0.717) is 0 Å². The van der Waals surface area contributed by atoms with Crippen molar-refractivity contribution in [3.8, 4) is 0 Å². The third-order valence-electron chi connectivity index (χ3n) is 4.10. The fraction of sp³-hybridized carbons (Fsp3) is 0.800. The lowest BCUT2D eigenvalue weighted by Crippen LogP contribution is -2.53. The van der Waals surface area contributed by atoms with Gasteiger partial charge in [-0.25, -0.2) is 0 Å². The molecular weight excluding hydrogens is 220 g/mol. The Labute approximate surface area is 91.5 Å². The molecule has 4 aliphatic rings. The average molecular weight is 231 g/mol. The summed E-state index contributed by atoms with van der Waals surface area (Å²) in [5, 5.41) is 8.84. The molecule has 1 aliphatic heterocycles. The first kappa shape index (κ1) is 9.46. The molecule has 6 atom stereocenters. The third-order valence-corrected chi connectivity index (χ3v) is 4.67. The summed E-state index contributed by atoms with van der Waals surface area (Å²) in [6.07, 6.45) is 1.44. The van der Waals surface area contributed by atoms with Crippen molar-refractivity contribution in [3.05, 3.63) is 0 Å². The molecule has 0 unspecified atom stereocenters. The molecule has 1 heterocycles. The molecular formula is C10H11ClO4. The quantitative estimate of drug-likeness (QED) is 0.537. The van der Waals surface area contributed by atoms with Crippen molar-refractivity contribution in [1.82, 2.24) is 0 Å². The Morgan fingerprint density at radius 1 is 1.40 bits per heavy atom. The second-order valence-corrected chi connectivity index (χ2v) is 5.14. The number of ether oxygens (including phenoxy) is 1. The number of halogens is 1. The van der Waals surface area contributed by atoms with Crippen molar-refractivity contribution in [2.45, 2.75) is 24.3 Å². The summed E-state index contributed by atoms with van der Waals surface area (Å²) in [5.74, 6) is -2.40. The molecule has 1 saturated heterocycles. The van der Waals surface area contributed by atoms with Crippen molar-refractivity contribution < 1.29 is 19.4 Å². The monoisotopic (exact) mass is 230 g/mol. The molecule has 15 heavy (non-hydrogen) atoms. The Morgan fingerprint density at radius 3 is 2.73 bits per heavy atom. The van der Waals surface area contributed by atoms with Crippen LogP contribution in [-0.2, 0) is 14.3 Å². The number of hydrogen-bond donors (Lipinski definition) is 1. The molecule has 4 rings (SSSR count). The van der Waals surface area contributed by atoms with Gasteiger partial charge in [-0.2, -0.15) is 0 Å². The Morgan fingerprint density at radius 2 is 2.07 bits per heavy atom. The molecule has 3 aliphatic carbocycles. The lowest BCUT2D eigenvalue weighted by atomic mass is 9.58. The molecule has 4 fully saturated rings. The van der Waals surface area contributed by atoms with Gasteiger partial charge in [0.05, 0.1) is 17.2 Å². The maximum absolute atomic E-state index is 11.6. The number of fused-ring (bicyclic) bond motifs is 1. The number of carbonyl (C=O) groups excluding carboxylic acids is 1. The summed E-state index contributed by atoms with van der Waals surface area (Å²) < 4.78 is 5.18. The Bertz CT molecular complexity index is 342. The van der Waals surface area contributed by atoms with Gasteiger partial charge in [0.2, 0.25) is 0 Å². The third kappa shape index (κ3) is 1.03. The molecule has 1 N–H and O–H groups in total. The number of carbonyl (C=O) groups is 2. The molecule has 5 heteroatoms. The zero-order chi connectivity index (χ0) is 10.7. The SMILES string of the molecule is O=C(O)[C@H]1[C@H]2CC[C@H]3[C@H](OC(=O)[C@@H]31)[C@@H]2Cl. The van der Waals surface area contributed by atoms with Crippen molar-refractivity contribution in [2.75, 3.05) is 0 Å². The summed E-state index contributed by atoms with van der Waals surface area (Å²) in [5.41, 5.74) is 0. The highest BCUT2D eigenvalue weighted by Crippen LogP contribution is 2.55. The van der Waals surface area contributed by atoms with Crippen molar-refractivity contribution >= 4 is 23.5 Å². The predicted octanol–water partition coefficient (Wildman–Crippen LogP) is 0.876. The molecule has 82 valence electrons. The van der Waals surface area contributed by atoms with Crippen molar-refractivity contribution in [3.63, 3.8) is 0 Å². The number of rotatable bonds is 1. The van der Waals surface area contributed by atoms with Crippen LogP contribution in [0.25, 0.3) is 0 Å². The van der Waals surface area contributed by atoms with Crippen molar-refractivity contribution in [2.24, 2.45) is 23.7 Å². The maximum atomic E-state index is 11.6.